The van der Waals surface area contributed by atoms with Gasteiger partial charge in [0.05, 0.1) is 11.5 Å². The number of hydrogen-bond acceptors (Lipinski definition) is 3. The summed E-state index contributed by atoms with van der Waals surface area (Å²) in [5, 5.41) is 2.76. The second-order valence-electron chi connectivity index (χ2n) is 5.13. The molecule has 1 N–H and O–H groups in total. The minimum atomic E-state index is -2.94. The molecular weight excluding hydrogens is 252 g/mol. The van der Waals surface area contributed by atoms with Crippen LogP contribution in [-0.4, -0.2) is 43.9 Å². The summed E-state index contributed by atoms with van der Waals surface area (Å²) in [4.78, 5) is 13.4. The fraction of sp³-hybridized carbons (Fsp3) is 0.750. The van der Waals surface area contributed by atoms with Crippen molar-refractivity contribution >= 4 is 15.9 Å². The van der Waals surface area contributed by atoms with Gasteiger partial charge in [0, 0.05) is 19.3 Å². The maximum atomic E-state index is 11.9. The van der Waals surface area contributed by atoms with Gasteiger partial charge in [0.15, 0.2) is 9.84 Å². The second kappa shape index (κ2) is 5.30. The molecule has 0 spiro atoms. The Morgan fingerprint density at radius 1 is 1.39 bits per heavy atom. The molecule has 2 aliphatic rings. The average molecular weight is 272 g/mol. The lowest BCUT2D eigenvalue weighted by molar-refractivity contribution is 0.199. The predicted octanol–water partition coefficient (Wildman–Crippen LogP) is 1.27. The standard InChI is InChI=1S/C12H20N2O3S/c1-14(11-6-7-18(16,17)9-11)12(15)13-8-10-4-2-3-5-10/h8,11H,2-7,9H2,1H3,(H,13,15). The maximum Gasteiger partial charge on any atom is 0.321 e. The number of hydrogen-bond donors (Lipinski definition) is 1. The Morgan fingerprint density at radius 2 is 2.06 bits per heavy atom. The molecule has 1 saturated heterocycles. The first-order valence-corrected chi connectivity index (χ1v) is 8.22. The molecule has 6 heteroatoms. The van der Waals surface area contributed by atoms with Gasteiger partial charge in [-0.3, -0.25) is 0 Å². The Labute approximate surface area is 108 Å². The number of urea groups is 1. The third kappa shape index (κ3) is 3.25. The molecule has 0 aromatic carbocycles. The molecule has 102 valence electrons. The summed E-state index contributed by atoms with van der Waals surface area (Å²) < 4.78 is 22.7. The summed E-state index contributed by atoms with van der Waals surface area (Å²) >= 11 is 0. The highest BCUT2D eigenvalue weighted by Gasteiger charge is 2.32. The van der Waals surface area contributed by atoms with Crippen LogP contribution in [0.5, 0.6) is 0 Å². The summed E-state index contributed by atoms with van der Waals surface area (Å²) in [6, 6.07) is -0.395. The van der Waals surface area contributed by atoms with Gasteiger partial charge in [-0.15, -0.1) is 0 Å². The van der Waals surface area contributed by atoms with Crippen LogP contribution in [0.3, 0.4) is 0 Å². The van der Waals surface area contributed by atoms with Crippen LogP contribution in [-0.2, 0) is 9.84 Å². The fourth-order valence-corrected chi connectivity index (χ4v) is 4.26. The molecule has 2 amide bonds. The van der Waals surface area contributed by atoms with Crippen LogP contribution in [0.15, 0.2) is 11.8 Å². The molecule has 1 heterocycles. The lowest BCUT2D eigenvalue weighted by atomic mass is 10.2. The van der Waals surface area contributed by atoms with E-state index in [9.17, 15) is 13.2 Å². The van der Waals surface area contributed by atoms with Crippen LogP contribution in [0, 0.1) is 0 Å². The van der Waals surface area contributed by atoms with E-state index in [1.54, 1.807) is 13.2 Å². The van der Waals surface area contributed by atoms with Gasteiger partial charge in [0.25, 0.3) is 0 Å². The topological polar surface area (TPSA) is 66.5 Å². The number of amides is 2. The lowest BCUT2D eigenvalue weighted by Gasteiger charge is -2.22. The van der Waals surface area contributed by atoms with Gasteiger partial charge in [0.2, 0.25) is 0 Å². The molecule has 1 atom stereocenters. The number of rotatable bonds is 2. The number of nitrogens with one attached hydrogen (secondary N) is 1. The monoisotopic (exact) mass is 272 g/mol. The third-order valence-electron chi connectivity index (χ3n) is 3.72. The van der Waals surface area contributed by atoms with Gasteiger partial charge >= 0.3 is 6.03 Å². The van der Waals surface area contributed by atoms with E-state index in [2.05, 4.69) is 5.32 Å². The highest BCUT2D eigenvalue weighted by atomic mass is 32.2. The van der Waals surface area contributed by atoms with Gasteiger partial charge < -0.3 is 10.2 Å². The first-order chi connectivity index (χ1) is 8.48. The average Bonchev–Trinajstić information content (AvgIpc) is 2.94. The van der Waals surface area contributed by atoms with Crippen molar-refractivity contribution < 1.29 is 13.2 Å². The minimum absolute atomic E-state index is 0.0908. The Hall–Kier alpha value is -1.04. The Morgan fingerprint density at radius 3 is 2.61 bits per heavy atom. The molecule has 0 bridgehead atoms. The van der Waals surface area contributed by atoms with Crippen LogP contribution in [0.1, 0.15) is 32.1 Å². The van der Waals surface area contributed by atoms with Crippen LogP contribution < -0.4 is 5.32 Å². The van der Waals surface area contributed by atoms with Crippen molar-refractivity contribution in [3.8, 4) is 0 Å². The van der Waals surface area contributed by atoms with Crippen LogP contribution in [0.4, 0.5) is 4.79 Å². The number of nitrogens with zero attached hydrogens (tertiary/aromatic N) is 1. The van der Waals surface area contributed by atoms with E-state index in [1.165, 1.54) is 23.3 Å². The predicted molar refractivity (Wildman–Crippen MR) is 69.9 cm³/mol. The number of carbonyl (C=O) groups is 1. The first kappa shape index (κ1) is 13.4. The van der Waals surface area contributed by atoms with Crippen molar-refractivity contribution in [3.63, 3.8) is 0 Å². The molecule has 0 radical (unpaired) electrons. The quantitative estimate of drug-likeness (QED) is 0.823. The van der Waals surface area contributed by atoms with Gasteiger partial charge in [-0.25, -0.2) is 13.2 Å². The molecule has 1 saturated carbocycles. The summed E-state index contributed by atoms with van der Waals surface area (Å²) in [5.74, 6) is 0.282. The van der Waals surface area contributed by atoms with E-state index >= 15 is 0 Å². The smallest absolute Gasteiger partial charge is 0.321 e. The lowest BCUT2D eigenvalue weighted by Crippen LogP contribution is -2.42. The first-order valence-electron chi connectivity index (χ1n) is 6.39. The second-order valence-corrected chi connectivity index (χ2v) is 7.36. The van der Waals surface area contributed by atoms with Crippen LogP contribution >= 0.6 is 0 Å². The molecule has 1 aliphatic heterocycles. The molecule has 18 heavy (non-hydrogen) atoms. The van der Waals surface area contributed by atoms with E-state index in [0.29, 0.717) is 6.42 Å². The summed E-state index contributed by atoms with van der Waals surface area (Å²) in [6.07, 6.45) is 6.83. The summed E-state index contributed by atoms with van der Waals surface area (Å²) in [7, 11) is -1.28. The fourth-order valence-electron chi connectivity index (χ4n) is 2.49. The number of carbonyl (C=O) groups excluding carboxylic acids is 1. The van der Waals surface area contributed by atoms with Crippen LogP contribution in [0.25, 0.3) is 0 Å². The highest BCUT2D eigenvalue weighted by Crippen LogP contribution is 2.23. The zero-order chi connectivity index (χ0) is 13.2. The number of allylic oxidation sites excluding steroid dienone is 1. The van der Waals surface area contributed by atoms with E-state index in [0.717, 1.165) is 12.8 Å². The normalized spacial score (nSPS) is 26.1. The van der Waals surface area contributed by atoms with E-state index in [-0.39, 0.29) is 23.6 Å². The minimum Gasteiger partial charge on any atom is -0.324 e. The molecule has 5 nitrogen and oxygen atoms in total. The van der Waals surface area contributed by atoms with E-state index < -0.39 is 9.84 Å². The van der Waals surface area contributed by atoms with Crippen molar-refractivity contribution in [2.45, 2.75) is 38.1 Å². The van der Waals surface area contributed by atoms with Gasteiger partial charge in [0.1, 0.15) is 0 Å². The molecule has 0 aromatic rings. The highest BCUT2D eigenvalue weighted by molar-refractivity contribution is 7.91. The SMILES string of the molecule is CN(C(=O)NC=C1CCCC1)C1CCS(=O)(=O)C1. The van der Waals surface area contributed by atoms with Gasteiger partial charge in [-0.1, -0.05) is 5.57 Å². The maximum absolute atomic E-state index is 11.9. The largest absolute Gasteiger partial charge is 0.324 e. The van der Waals surface area contributed by atoms with Crippen molar-refractivity contribution in [1.29, 1.82) is 0 Å². The molecule has 2 rings (SSSR count). The third-order valence-corrected chi connectivity index (χ3v) is 5.47. The molecular formula is C12H20N2O3S. The molecule has 0 aromatic heterocycles. The molecule has 2 fully saturated rings. The number of sulfone groups is 1. The van der Waals surface area contributed by atoms with Crippen molar-refractivity contribution in [3.05, 3.63) is 11.8 Å². The Kier molecular flexibility index (Phi) is 3.94. The molecule has 1 unspecified atom stereocenters. The zero-order valence-electron chi connectivity index (χ0n) is 10.7. The zero-order valence-corrected chi connectivity index (χ0v) is 11.5. The Balaban J connectivity index is 1.87. The van der Waals surface area contributed by atoms with E-state index in [4.69, 9.17) is 0 Å². The van der Waals surface area contributed by atoms with Crippen molar-refractivity contribution in [1.82, 2.24) is 10.2 Å². The van der Waals surface area contributed by atoms with E-state index in [1.807, 2.05) is 0 Å². The van der Waals surface area contributed by atoms with Gasteiger partial charge in [-0.2, -0.15) is 0 Å². The Bertz CT molecular complexity index is 448. The molecule has 1 aliphatic carbocycles. The summed E-state index contributed by atoms with van der Waals surface area (Å²) in [5.41, 5.74) is 1.27. The van der Waals surface area contributed by atoms with Crippen molar-refractivity contribution in [2.24, 2.45) is 0 Å². The van der Waals surface area contributed by atoms with Crippen LogP contribution in [0.2, 0.25) is 0 Å². The van der Waals surface area contributed by atoms with Crippen molar-refractivity contribution in [2.75, 3.05) is 18.6 Å². The van der Waals surface area contributed by atoms with Gasteiger partial charge in [-0.05, 0) is 32.1 Å². The summed E-state index contributed by atoms with van der Waals surface area (Å²) in [6.45, 7) is 0.